The Bertz CT molecular complexity index is 1420. The third kappa shape index (κ3) is 5.72. The molecule has 2 heterocycles. The van der Waals surface area contributed by atoms with Gasteiger partial charge in [-0.3, -0.25) is 4.79 Å². The number of ether oxygens (including phenoxy) is 1. The number of aromatic nitrogens is 2. The SMILES string of the molecule is COC(=O)NN(C(=O)C1CCCCC1c1ncc(-c2ccc3cc(B4OC(C)(C)C(C)(C)O4)ccc3c2)[nH]1)C(C)C. The first-order chi connectivity index (χ1) is 19.4. The van der Waals surface area contributed by atoms with Crippen LogP contribution < -0.4 is 10.9 Å². The molecule has 218 valence electrons. The molecule has 2 amide bonds. The predicted molar refractivity (Wildman–Crippen MR) is 159 cm³/mol. The van der Waals surface area contributed by atoms with E-state index in [-0.39, 0.29) is 35.0 Å². The number of aromatic amines is 1. The van der Waals surface area contributed by atoms with Crippen LogP contribution in [0.2, 0.25) is 0 Å². The first-order valence-electron chi connectivity index (χ1n) is 14.5. The van der Waals surface area contributed by atoms with Gasteiger partial charge in [-0.15, -0.1) is 0 Å². The normalized spacial score (nSPS) is 21.7. The number of nitrogens with one attached hydrogen (secondary N) is 2. The van der Waals surface area contributed by atoms with Crippen LogP contribution in [-0.4, -0.2) is 58.4 Å². The Balaban J connectivity index is 1.36. The maximum absolute atomic E-state index is 13.6. The summed E-state index contributed by atoms with van der Waals surface area (Å²) in [6.07, 6.45) is 4.78. The lowest BCUT2D eigenvalue weighted by Gasteiger charge is -2.35. The zero-order valence-corrected chi connectivity index (χ0v) is 25.1. The van der Waals surface area contributed by atoms with Gasteiger partial charge in [0.1, 0.15) is 5.82 Å². The standard InChI is InChI=1S/C31H41BN4O5/c1-19(2)36(35-29(38)39-7)28(37)25-11-9-8-10-24(25)27-33-18-26(34-27)22-13-12-21-17-23(15-14-20(21)16-22)32-40-30(3,4)31(5,6)41-32/h12-19,24-25H,8-11H2,1-7H3,(H,33,34)(H,35,38). The highest BCUT2D eigenvalue weighted by molar-refractivity contribution is 6.62. The van der Waals surface area contributed by atoms with Crippen molar-refractivity contribution in [3.8, 4) is 11.3 Å². The van der Waals surface area contributed by atoms with Crippen LogP contribution in [0.5, 0.6) is 0 Å². The zero-order valence-electron chi connectivity index (χ0n) is 25.1. The van der Waals surface area contributed by atoms with E-state index in [4.69, 9.17) is 19.0 Å². The number of benzene rings is 2. The van der Waals surface area contributed by atoms with E-state index in [1.165, 1.54) is 12.1 Å². The zero-order chi connectivity index (χ0) is 29.5. The number of hydrogen-bond acceptors (Lipinski definition) is 6. The van der Waals surface area contributed by atoms with Crippen LogP contribution in [0.25, 0.3) is 22.0 Å². The number of rotatable bonds is 5. The van der Waals surface area contributed by atoms with Gasteiger partial charge in [-0.25, -0.2) is 20.2 Å². The van der Waals surface area contributed by atoms with Crippen molar-refractivity contribution in [2.45, 2.75) is 90.4 Å². The minimum absolute atomic E-state index is 0.0615. The Labute approximate surface area is 242 Å². The van der Waals surface area contributed by atoms with Crippen molar-refractivity contribution in [3.05, 3.63) is 48.4 Å². The van der Waals surface area contributed by atoms with Crippen LogP contribution >= 0.6 is 0 Å². The summed E-state index contributed by atoms with van der Waals surface area (Å²) in [6.45, 7) is 12.0. The second-order valence-electron chi connectivity index (χ2n) is 12.5. The number of amides is 2. The maximum Gasteiger partial charge on any atom is 0.494 e. The van der Waals surface area contributed by atoms with Gasteiger partial charge in [-0.2, -0.15) is 0 Å². The lowest BCUT2D eigenvalue weighted by atomic mass is 9.78. The third-order valence-corrected chi connectivity index (χ3v) is 8.88. The van der Waals surface area contributed by atoms with Gasteiger partial charge in [0.15, 0.2) is 0 Å². The monoisotopic (exact) mass is 560 g/mol. The van der Waals surface area contributed by atoms with Gasteiger partial charge in [0.2, 0.25) is 5.91 Å². The highest BCUT2D eigenvalue weighted by Gasteiger charge is 2.51. The number of carbonyl (C=O) groups excluding carboxylic acids is 2. The van der Waals surface area contributed by atoms with Crippen molar-refractivity contribution in [1.29, 1.82) is 0 Å². The second-order valence-corrected chi connectivity index (χ2v) is 12.5. The molecule has 2 atom stereocenters. The molecule has 0 bridgehead atoms. The van der Waals surface area contributed by atoms with Gasteiger partial charge >= 0.3 is 13.2 Å². The molecular formula is C31H41BN4O5. The van der Waals surface area contributed by atoms with Crippen molar-refractivity contribution >= 4 is 35.4 Å². The highest BCUT2D eigenvalue weighted by atomic mass is 16.7. The molecule has 1 aromatic heterocycles. The maximum atomic E-state index is 13.6. The molecule has 2 unspecified atom stereocenters. The molecule has 0 radical (unpaired) electrons. The van der Waals surface area contributed by atoms with E-state index in [0.717, 1.165) is 59.0 Å². The molecule has 1 aliphatic carbocycles. The van der Waals surface area contributed by atoms with Crippen molar-refractivity contribution in [2.24, 2.45) is 5.92 Å². The Morgan fingerprint density at radius 3 is 2.39 bits per heavy atom. The number of imidazole rings is 1. The number of nitrogens with zero attached hydrogens (tertiary/aromatic N) is 2. The van der Waals surface area contributed by atoms with Gasteiger partial charge in [0, 0.05) is 23.4 Å². The summed E-state index contributed by atoms with van der Waals surface area (Å²) in [4.78, 5) is 33.7. The van der Waals surface area contributed by atoms with Crippen molar-refractivity contribution in [3.63, 3.8) is 0 Å². The molecule has 2 aromatic carbocycles. The summed E-state index contributed by atoms with van der Waals surface area (Å²) in [7, 11) is 0.886. The molecule has 2 N–H and O–H groups in total. The second kappa shape index (κ2) is 11.1. The van der Waals surface area contributed by atoms with E-state index in [1.807, 2.05) is 20.0 Å². The molecule has 9 nitrogen and oxygen atoms in total. The van der Waals surface area contributed by atoms with Crippen molar-refractivity contribution in [1.82, 2.24) is 20.4 Å². The number of fused-ring (bicyclic) bond motifs is 1. The summed E-state index contributed by atoms with van der Waals surface area (Å²) in [5, 5.41) is 3.59. The fraction of sp³-hybridized carbons (Fsp3) is 0.516. The largest absolute Gasteiger partial charge is 0.494 e. The van der Waals surface area contributed by atoms with E-state index < -0.39 is 13.2 Å². The molecule has 1 saturated heterocycles. The number of carbonyl (C=O) groups is 2. The van der Waals surface area contributed by atoms with E-state index in [2.05, 4.69) is 74.5 Å². The molecule has 10 heteroatoms. The Kier molecular flexibility index (Phi) is 7.91. The summed E-state index contributed by atoms with van der Waals surface area (Å²) >= 11 is 0. The minimum atomic E-state index is -0.654. The average Bonchev–Trinajstić information content (AvgIpc) is 3.52. The summed E-state index contributed by atoms with van der Waals surface area (Å²) in [5.74, 6) is 0.341. The number of hydrogen-bond donors (Lipinski definition) is 2. The van der Waals surface area contributed by atoms with Gasteiger partial charge in [0.05, 0.1) is 30.2 Å². The van der Waals surface area contributed by atoms with E-state index >= 15 is 0 Å². The molecule has 2 aliphatic rings. The molecule has 1 saturated carbocycles. The van der Waals surface area contributed by atoms with Crippen LogP contribution in [0.1, 0.15) is 79.0 Å². The van der Waals surface area contributed by atoms with Crippen molar-refractivity contribution in [2.75, 3.05) is 7.11 Å². The van der Waals surface area contributed by atoms with Crippen LogP contribution in [0.4, 0.5) is 4.79 Å². The first-order valence-corrected chi connectivity index (χ1v) is 14.5. The number of hydrazine groups is 1. The van der Waals surface area contributed by atoms with Crippen LogP contribution in [0.15, 0.2) is 42.6 Å². The van der Waals surface area contributed by atoms with E-state index in [9.17, 15) is 9.59 Å². The number of methoxy groups -OCH3 is 1. The minimum Gasteiger partial charge on any atom is -0.452 e. The molecule has 5 rings (SSSR count). The summed E-state index contributed by atoms with van der Waals surface area (Å²) in [6, 6.07) is 12.4. The molecule has 0 spiro atoms. The molecule has 3 aromatic rings. The Morgan fingerprint density at radius 1 is 1.05 bits per heavy atom. The molecule has 1 aliphatic heterocycles. The summed E-state index contributed by atoms with van der Waals surface area (Å²) in [5.41, 5.74) is 4.74. The lowest BCUT2D eigenvalue weighted by Crippen LogP contribution is -2.53. The predicted octanol–water partition coefficient (Wildman–Crippen LogP) is 5.31. The smallest absolute Gasteiger partial charge is 0.452 e. The van der Waals surface area contributed by atoms with Gasteiger partial charge < -0.3 is 19.0 Å². The van der Waals surface area contributed by atoms with Gasteiger partial charge in [-0.1, -0.05) is 43.2 Å². The van der Waals surface area contributed by atoms with Crippen LogP contribution in [0, 0.1) is 5.92 Å². The molecular weight excluding hydrogens is 519 g/mol. The van der Waals surface area contributed by atoms with Crippen molar-refractivity contribution < 1.29 is 23.6 Å². The Morgan fingerprint density at radius 2 is 1.71 bits per heavy atom. The van der Waals surface area contributed by atoms with E-state index in [1.54, 1.807) is 0 Å². The van der Waals surface area contributed by atoms with Crippen LogP contribution in [-0.2, 0) is 18.8 Å². The average molecular weight is 561 g/mol. The quantitative estimate of drug-likeness (QED) is 0.324. The number of H-pyrrole nitrogens is 1. The van der Waals surface area contributed by atoms with Gasteiger partial charge in [0.25, 0.3) is 0 Å². The third-order valence-electron chi connectivity index (χ3n) is 8.88. The topological polar surface area (TPSA) is 106 Å². The molecule has 2 fully saturated rings. The highest BCUT2D eigenvalue weighted by Crippen LogP contribution is 2.39. The van der Waals surface area contributed by atoms with Crippen LogP contribution in [0.3, 0.4) is 0 Å². The fourth-order valence-corrected chi connectivity index (χ4v) is 5.74. The Hall–Kier alpha value is -3.37. The summed E-state index contributed by atoms with van der Waals surface area (Å²) < 4.78 is 17.2. The van der Waals surface area contributed by atoms with E-state index in [0.29, 0.717) is 0 Å². The first kappa shape index (κ1) is 29.1. The fourth-order valence-electron chi connectivity index (χ4n) is 5.74. The molecule has 41 heavy (non-hydrogen) atoms. The lowest BCUT2D eigenvalue weighted by molar-refractivity contribution is -0.142. The van der Waals surface area contributed by atoms with Gasteiger partial charge in [-0.05, 0) is 76.7 Å².